The average molecular weight is 306 g/mol. The number of carbonyl (C=O) groups is 1. The number of hydrogen-bond acceptors (Lipinski definition) is 2. The summed E-state index contributed by atoms with van der Waals surface area (Å²) >= 11 is 0. The normalized spacial score (nSPS) is 17.9. The Kier molecular flexibility index (Phi) is 3.31. The Balaban J connectivity index is 2.01. The van der Waals surface area contributed by atoms with Gasteiger partial charge >= 0.3 is 6.18 Å². The van der Waals surface area contributed by atoms with Crippen molar-refractivity contribution in [3.8, 4) is 0 Å². The molecule has 114 valence electrons. The lowest BCUT2D eigenvalue weighted by molar-refractivity contribution is -0.137. The summed E-state index contributed by atoms with van der Waals surface area (Å²) in [4.78, 5) is 13.7. The second-order valence-corrected chi connectivity index (χ2v) is 5.13. The molecule has 0 aliphatic carbocycles. The van der Waals surface area contributed by atoms with E-state index in [2.05, 4.69) is 5.32 Å². The molecule has 2 aromatic rings. The maximum atomic E-state index is 12.8. The highest BCUT2D eigenvalue weighted by Gasteiger charge is 2.33. The van der Waals surface area contributed by atoms with E-state index in [-0.39, 0.29) is 5.91 Å². The molecule has 0 saturated heterocycles. The first kappa shape index (κ1) is 14.4. The van der Waals surface area contributed by atoms with Crippen LogP contribution in [0.1, 0.15) is 27.7 Å². The minimum absolute atomic E-state index is 0.225. The highest BCUT2D eigenvalue weighted by atomic mass is 19.4. The van der Waals surface area contributed by atoms with Gasteiger partial charge in [0.1, 0.15) is 6.17 Å². The van der Waals surface area contributed by atoms with Gasteiger partial charge in [-0.15, -0.1) is 0 Å². The Labute approximate surface area is 125 Å². The summed E-state index contributed by atoms with van der Waals surface area (Å²) in [5.41, 5.74) is 0.785. The molecule has 6 heteroatoms. The van der Waals surface area contributed by atoms with Crippen LogP contribution in [0.15, 0.2) is 48.5 Å². The summed E-state index contributed by atoms with van der Waals surface area (Å²) in [6.45, 7) is 0. The van der Waals surface area contributed by atoms with E-state index in [1.807, 2.05) is 0 Å². The number of rotatable bonds is 1. The van der Waals surface area contributed by atoms with Crippen LogP contribution < -0.4 is 5.32 Å². The molecule has 2 aromatic carbocycles. The molecule has 0 bridgehead atoms. The number of nitrogens with zero attached hydrogens (tertiary/aromatic N) is 1. The minimum Gasteiger partial charge on any atom is -0.361 e. The van der Waals surface area contributed by atoms with Crippen molar-refractivity contribution in [3.05, 3.63) is 65.2 Å². The Morgan fingerprint density at radius 2 is 1.82 bits per heavy atom. The third kappa shape index (κ3) is 2.41. The van der Waals surface area contributed by atoms with Crippen LogP contribution in [0, 0.1) is 0 Å². The monoisotopic (exact) mass is 306 g/mol. The SMILES string of the molecule is CN1C(=O)c2ccccc2NC1c1cccc(C(F)(F)F)c1. The molecule has 0 spiro atoms. The third-order valence-corrected chi connectivity index (χ3v) is 3.69. The van der Waals surface area contributed by atoms with E-state index in [0.717, 1.165) is 12.1 Å². The predicted octanol–water partition coefficient (Wildman–Crippen LogP) is 3.90. The number of anilines is 1. The number of fused-ring (bicyclic) bond motifs is 1. The number of amides is 1. The van der Waals surface area contributed by atoms with Gasteiger partial charge in [0.2, 0.25) is 0 Å². The molecule has 1 unspecified atom stereocenters. The third-order valence-electron chi connectivity index (χ3n) is 3.69. The van der Waals surface area contributed by atoms with Gasteiger partial charge in [0, 0.05) is 12.7 Å². The quantitative estimate of drug-likeness (QED) is 0.866. The second kappa shape index (κ2) is 5.05. The van der Waals surface area contributed by atoms with Gasteiger partial charge in [0.15, 0.2) is 0 Å². The maximum absolute atomic E-state index is 12.8. The fraction of sp³-hybridized carbons (Fsp3) is 0.188. The minimum atomic E-state index is -4.41. The Bertz CT molecular complexity index is 727. The lowest BCUT2D eigenvalue weighted by Gasteiger charge is -2.35. The van der Waals surface area contributed by atoms with Gasteiger partial charge in [0.25, 0.3) is 5.91 Å². The van der Waals surface area contributed by atoms with E-state index < -0.39 is 17.9 Å². The van der Waals surface area contributed by atoms with Crippen molar-refractivity contribution in [2.45, 2.75) is 12.3 Å². The number of alkyl halides is 3. The number of hydrogen-bond donors (Lipinski definition) is 1. The highest BCUT2D eigenvalue weighted by molar-refractivity contribution is 6.01. The van der Waals surface area contributed by atoms with Crippen molar-refractivity contribution in [2.75, 3.05) is 12.4 Å². The zero-order valence-corrected chi connectivity index (χ0v) is 11.7. The van der Waals surface area contributed by atoms with Crippen LogP contribution in [0.4, 0.5) is 18.9 Å². The molecular weight excluding hydrogens is 293 g/mol. The molecule has 0 saturated carbocycles. The van der Waals surface area contributed by atoms with Crippen LogP contribution in [0.5, 0.6) is 0 Å². The number of halogens is 3. The molecule has 1 N–H and O–H groups in total. The van der Waals surface area contributed by atoms with E-state index >= 15 is 0 Å². The topological polar surface area (TPSA) is 32.3 Å². The lowest BCUT2D eigenvalue weighted by Crippen LogP contribution is -2.40. The molecule has 0 fully saturated rings. The van der Waals surface area contributed by atoms with Crippen LogP contribution in [0.25, 0.3) is 0 Å². The lowest BCUT2D eigenvalue weighted by atomic mass is 10.0. The van der Waals surface area contributed by atoms with Crippen LogP contribution in [-0.2, 0) is 6.18 Å². The second-order valence-electron chi connectivity index (χ2n) is 5.13. The van der Waals surface area contributed by atoms with E-state index in [1.165, 1.54) is 11.0 Å². The summed E-state index contributed by atoms with van der Waals surface area (Å²) in [6.07, 6.45) is -5.05. The van der Waals surface area contributed by atoms with E-state index in [1.54, 1.807) is 37.4 Å². The van der Waals surface area contributed by atoms with E-state index in [4.69, 9.17) is 0 Å². The number of carbonyl (C=O) groups excluding carboxylic acids is 1. The van der Waals surface area contributed by atoms with Crippen LogP contribution in [0.3, 0.4) is 0 Å². The van der Waals surface area contributed by atoms with Crippen molar-refractivity contribution in [1.82, 2.24) is 4.90 Å². The van der Waals surface area contributed by atoms with Crippen molar-refractivity contribution < 1.29 is 18.0 Å². The van der Waals surface area contributed by atoms with Crippen LogP contribution in [-0.4, -0.2) is 17.9 Å². The summed E-state index contributed by atoms with van der Waals surface area (Å²) in [6, 6.07) is 11.9. The zero-order valence-electron chi connectivity index (χ0n) is 11.7. The average Bonchev–Trinajstić information content (AvgIpc) is 2.50. The molecular formula is C16H13F3N2O. The zero-order chi connectivity index (χ0) is 15.9. The van der Waals surface area contributed by atoms with Crippen LogP contribution >= 0.6 is 0 Å². The van der Waals surface area contributed by atoms with Gasteiger partial charge in [-0.05, 0) is 29.8 Å². The van der Waals surface area contributed by atoms with E-state index in [0.29, 0.717) is 16.8 Å². The van der Waals surface area contributed by atoms with Gasteiger partial charge in [-0.25, -0.2) is 0 Å². The fourth-order valence-electron chi connectivity index (χ4n) is 2.54. The molecule has 1 atom stereocenters. The molecule has 1 aliphatic rings. The maximum Gasteiger partial charge on any atom is 0.416 e. The first-order chi connectivity index (χ1) is 10.4. The molecule has 0 radical (unpaired) electrons. The van der Waals surface area contributed by atoms with Crippen molar-refractivity contribution in [3.63, 3.8) is 0 Å². The Hall–Kier alpha value is -2.50. The first-order valence-electron chi connectivity index (χ1n) is 6.68. The molecule has 3 nitrogen and oxygen atoms in total. The van der Waals surface area contributed by atoms with Crippen molar-refractivity contribution >= 4 is 11.6 Å². The number of para-hydroxylation sites is 1. The van der Waals surface area contributed by atoms with Crippen LogP contribution in [0.2, 0.25) is 0 Å². The van der Waals surface area contributed by atoms with Gasteiger partial charge in [-0.1, -0.05) is 24.3 Å². The Morgan fingerprint density at radius 1 is 1.09 bits per heavy atom. The summed E-state index contributed by atoms with van der Waals surface area (Å²) < 4.78 is 38.5. The molecule has 1 aliphatic heterocycles. The summed E-state index contributed by atoms with van der Waals surface area (Å²) in [5, 5.41) is 3.11. The fourth-order valence-corrected chi connectivity index (χ4v) is 2.54. The van der Waals surface area contributed by atoms with E-state index in [9.17, 15) is 18.0 Å². The van der Waals surface area contributed by atoms with Crippen molar-refractivity contribution in [2.24, 2.45) is 0 Å². The van der Waals surface area contributed by atoms with Gasteiger partial charge in [-0.3, -0.25) is 4.79 Å². The standard InChI is InChI=1S/C16H13F3N2O/c1-21-14(10-5-4-6-11(9-10)16(17,18)19)20-13-8-3-2-7-12(13)15(21)22/h2-9,14,20H,1H3. The molecule has 3 rings (SSSR count). The number of nitrogens with one attached hydrogen (secondary N) is 1. The highest BCUT2D eigenvalue weighted by Crippen LogP contribution is 2.35. The molecule has 22 heavy (non-hydrogen) atoms. The molecule has 1 heterocycles. The first-order valence-corrected chi connectivity index (χ1v) is 6.68. The van der Waals surface area contributed by atoms with Gasteiger partial charge in [-0.2, -0.15) is 13.2 Å². The summed E-state index contributed by atoms with van der Waals surface area (Å²) in [7, 11) is 1.57. The largest absolute Gasteiger partial charge is 0.416 e. The predicted molar refractivity (Wildman–Crippen MR) is 76.3 cm³/mol. The molecule has 0 aromatic heterocycles. The van der Waals surface area contributed by atoms with Gasteiger partial charge in [0.05, 0.1) is 11.1 Å². The molecule has 1 amide bonds. The smallest absolute Gasteiger partial charge is 0.361 e. The number of benzene rings is 2. The Morgan fingerprint density at radius 3 is 2.55 bits per heavy atom. The van der Waals surface area contributed by atoms with Crippen molar-refractivity contribution in [1.29, 1.82) is 0 Å². The van der Waals surface area contributed by atoms with Gasteiger partial charge < -0.3 is 10.2 Å². The summed E-state index contributed by atoms with van der Waals surface area (Å²) in [5.74, 6) is -0.225.